The summed E-state index contributed by atoms with van der Waals surface area (Å²) in [4.78, 5) is 11.6. The summed E-state index contributed by atoms with van der Waals surface area (Å²) in [5, 5.41) is 0. The lowest BCUT2D eigenvalue weighted by Crippen LogP contribution is -2.15. The number of methoxy groups -OCH3 is 2. The summed E-state index contributed by atoms with van der Waals surface area (Å²) in [6, 6.07) is 7.28. The Morgan fingerprint density at radius 2 is 1.94 bits per heavy atom. The third kappa shape index (κ3) is 3.60. The fourth-order valence-electron chi connectivity index (χ4n) is 1.47. The van der Waals surface area contributed by atoms with Gasteiger partial charge in [-0.05, 0) is 19.9 Å². The SMILES string of the molecule is CO/C=C(/C(C)=O)c1ccccc1OC(C)OC. The number of carbonyl (C=O) groups excluding carboxylic acids is 1. The Labute approximate surface area is 107 Å². The number of para-hydroxylation sites is 1. The normalized spacial score (nSPS) is 13.0. The van der Waals surface area contributed by atoms with Crippen molar-refractivity contribution in [2.75, 3.05) is 14.2 Å². The molecule has 1 unspecified atom stereocenters. The van der Waals surface area contributed by atoms with Crippen LogP contribution in [0.5, 0.6) is 5.75 Å². The van der Waals surface area contributed by atoms with E-state index in [1.165, 1.54) is 20.3 Å². The molecule has 1 aromatic carbocycles. The van der Waals surface area contributed by atoms with Crippen LogP contribution in [0.3, 0.4) is 0 Å². The first-order chi connectivity index (χ1) is 8.60. The van der Waals surface area contributed by atoms with Gasteiger partial charge in [0.15, 0.2) is 12.1 Å². The van der Waals surface area contributed by atoms with Crippen LogP contribution in [0.2, 0.25) is 0 Å². The van der Waals surface area contributed by atoms with E-state index in [1.54, 1.807) is 20.1 Å². The van der Waals surface area contributed by atoms with Gasteiger partial charge in [0.1, 0.15) is 5.75 Å². The Balaban J connectivity index is 3.14. The maximum absolute atomic E-state index is 11.6. The Kier molecular flexibility index (Phi) is 5.39. The summed E-state index contributed by atoms with van der Waals surface area (Å²) in [6.07, 6.45) is 1.03. The van der Waals surface area contributed by atoms with Crippen molar-refractivity contribution < 1.29 is 19.0 Å². The second kappa shape index (κ2) is 6.81. The Morgan fingerprint density at radius 3 is 2.50 bits per heavy atom. The summed E-state index contributed by atoms with van der Waals surface area (Å²) in [6.45, 7) is 3.27. The fourth-order valence-corrected chi connectivity index (χ4v) is 1.47. The highest BCUT2D eigenvalue weighted by molar-refractivity contribution is 6.20. The van der Waals surface area contributed by atoms with Gasteiger partial charge in [0, 0.05) is 12.7 Å². The summed E-state index contributed by atoms with van der Waals surface area (Å²) in [5.74, 6) is 0.503. The number of Topliss-reactive ketones (excluding diaryl/α,β-unsaturated/α-hetero) is 1. The average Bonchev–Trinajstić information content (AvgIpc) is 2.36. The van der Waals surface area contributed by atoms with Crippen molar-refractivity contribution in [2.24, 2.45) is 0 Å². The van der Waals surface area contributed by atoms with Crippen LogP contribution in [-0.4, -0.2) is 26.3 Å². The van der Waals surface area contributed by atoms with E-state index < -0.39 is 0 Å². The van der Waals surface area contributed by atoms with Crippen molar-refractivity contribution in [1.82, 2.24) is 0 Å². The van der Waals surface area contributed by atoms with E-state index in [-0.39, 0.29) is 12.1 Å². The summed E-state index contributed by atoms with van der Waals surface area (Å²) in [7, 11) is 3.06. The lowest BCUT2D eigenvalue weighted by atomic mass is 10.0. The number of benzene rings is 1. The van der Waals surface area contributed by atoms with Gasteiger partial charge in [-0.1, -0.05) is 18.2 Å². The number of hydrogen-bond donors (Lipinski definition) is 0. The first kappa shape index (κ1) is 14.3. The molecule has 0 heterocycles. The number of carbonyl (C=O) groups is 1. The molecule has 1 aromatic rings. The number of allylic oxidation sites excluding steroid dienone is 1. The molecular formula is C14H18O4. The quantitative estimate of drug-likeness (QED) is 0.442. The standard InChI is InChI=1S/C14H18O4/c1-10(15)13(9-16-3)12-7-5-6-8-14(12)18-11(2)17-4/h5-9,11H,1-4H3/b13-9-. The molecule has 0 aliphatic carbocycles. The van der Waals surface area contributed by atoms with E-state index in [0.29, 0.717) is 16.9 Å². The Bertz CT molecular complexity index is 437. The maximum atomic E-state index is 11.6. The number of ketones is 1. The molecule has 1 rings (SSSR count). The number of rotatable bonds is 6. The second-order valence-electron chi connectivity index (χ2n) is 3.74. The molecule has 1 atom stereocenters. The van der Waals surface area contributed by atoms with Crippen LogP contribution in [0.4, 0.5) is 0 Å². The molecule has 0 saturated carbocycles. The minimum atomic E-state index is -0.387. The van der Waals surface area contributed by atoms with Gasteiger partial charge in [-0.2, -0.15) is 0 Å². The van der Waals surface area contributed by atoms with Gasteiger partial charge in [-0.15, -0.1) is 0 Å². The number of ether oxygens (including phenoxy) is 3. The molecule has 0 aliphatic rings. The van der Waals surface area contributed by atoms with Gasteiger partial charge in [0.05, 0.1) is 18.9 Å². The smallest absolute Gasteiger partial charge is 0.196 e. The van der Waals surface area contributed by atoms with Gasteiger partial charge in [-0.3, -0.25) is 4.79 Å². The highest BCUT2D eigenvalue weighted by Crippen LogP contribution is 2.27. The molecule has 4 heteroatoms. The largest absolute Gasteiger partial charge is 0.504 e. The van der Waals surface area contributed by atoms with Crippen molar-refractivity contribution in [3.8, 4) is 5.75 Å². The molecule has 0 radical (unpaired) electrons. The maximum Gasteiger partial charge on any atom is 0.196 e. The molecule has 0 aromatic heterocycles. The molecule has 0 N–H and O–H groups in total. The molecule has 0 spiro atoms. The second-order valence-corrected chi connectivity index (χ2v) is 3.74. The summed E-state index contributed by atoms with van der Waals surface area (Å²) < 4.78 is 15.6. The molecule has 18 heavy (non-hydrogen) atoms. The van der Waals surface area contributed by atoms with Gasteiger partial charge >= 0.3 is 0 Å². The lowest BCUT2D eigenvalue weighted by molar-refractivity contribution is -0.111. The minimum Gasteiger partial charge on any atom is -0.504 e. The lowest BCUT2D eigenvalue weighted by Gasteiger charge is -2.16. The molecule has 4 nitrogen and oxygen atoms in total. The van der Waals surface area contributed by atoms with Gasteiger partial charge in [0.2, 0.25) is 0 Å². The van der Waals surface area contributed by atoms with E-state index in [2.05, 4.69) is 0 Å². The third-order valence-electron chi connectivity index (χ3n) is 2.42. The van der Waals surface area contributed by atoms with Crippen LogP contribution in [0, 0.1) is 0 Å². The van der Waals surface area contributed by atoms with Crippen LogP contribution >= 0.6 is 0 Å². The highest BCUT2D eigenvalue weighted by Gasteiger charge is 2.14. The molecule has 0 fully saturated rings. The van der Waals surface area contributed by atoms with Crippen molar-refractivity contribution in [1.29, 1.82) is 0 Å². The van der Waals surface area contributed by atoms with Crippen LogP contribution < -0.4 is 4.74 Å². The van der Waals surface area contributed by atoms with E-state index in [0.717, 1.165) is 0 Å². The van der Waals surface area contributed by atoms with Crippen LogP contribution in [0.1, 0.15) is 19.4 Å². The Morgan fingerprint density at radius 1 is 1.28 bits per heavy atom. The summed E-state index contributed by atoms with van der Waals surface area (Å²) >= 11 is 0. The van der Waals surface area contributed by atoms with Crippen molar-refractivity contribution in [2.45, 2.75) is 20.1 Å². The van der Waals surface area contributed by atoms with E-state index in [9.17, 15) is 4.79 Å². The molecule has 0 saturated heterocycles. The monoisotopic (exact) mass is 250 g/mol. The molecular weight excluding hydrogens is 232 g/mol. The van der Waals surface area contributed by atoms with Crippen LogP contribution in [-0.2, 0) is 14.3 Å². The third-order valence-corrected chi connectivity index (χ3v) is 2.42. The highest BCUT2D eigenvalue weighted by atomic mass is 16.7. The molecule has 98 valence electrons. The van der Waals surface area contributed by atoms with Gasteiger partial charge in [0.25, 0.3) is 0 Å². The van der Waals surface area contributed by atoms with Gasteiger partial charge in [-0.25, -0.2) is 0 Å². The molecule has 0 aliphatic heterocycles. The van der Waals surface area contributed by atoms with Crippen LogP contribution in [0.15, 0.2) is 30.5 Å². The zero-order chi connectivity index (χ0) is 13.5. The van der Waals surface area contributed by atoms with Crippen LogP contribution in [0.25, 0.3) is 5.57 Å². The van der Waals surface area contributed by atoms with Gasteiger partial charge < -0.3 is 14.2 Å². The fraction of sp³-hybridized carbons (Fsp3) is 0.357. The predicted octanol–water partition coefficient (Wildman–Crippen LogP) is 2.63. The molecule has 0 amide bonds. The van der Waals surface area contributed by atoms with E-state index in [1.807, 2.05) is 18.2 Å². The Hall–Kier alpha value is -1.81. The van der Waals surface area contributed by atoms with Crippen molar-refractivity contribution in [3.05, 3.63) is 36.1 Å². The zero-order valence-corrected chi connectivity index (χ0v) is 11.1. The molecule has 0 bridgehead atoms. The predicted molar refractivity (Wildman–Crippen MR) is 69.2 cm³/mol. The first-order valence-corrected chi connectivity index (χ1v) is 5.63. The van der Waals surface area contributed by atoms with E-state index >= 15 is 0 Å². The van der Waals surface area contributed by atoms with E-state index in [4.69, 9.17) is 14.2 Å². The summed E-state index contributed by atoms with van der Waals surface area (Å²) in [5.41, 5.74) is 1.16. The first-order valence-electron chi connectivity index (χ1n) is 5.63. The van der Waals surface area contributed by atoms with Crippen molar-refractivity contribution in [3.63, 3.8) is 0 Å². The average molecular weight is 250 g/mol. The minimum absolute atomic E-state index is 0.0852. The zero-order valence-electron chi connectivity index (χ0n) is 11.1. The topological polar surface area (TPSA) is 44.8 Å². The number of hydrogen-bond acceptors (Lipinski definition) is 4. The van der Waals surface area contributed by atoms with Crippen molar-refractivity contribution >= 4 is 11.4 Å².